The molecule has 1 rings (SSSR count). The molecule has 1 aliphatic rings. The number of carbonyl (C=O) groups excluding carboxylic acids is 1. The highest BCUT2D eigenvalue weighted by atomic mass is 32.2. The number of thioether (sulfide) groups is 1. The highest BCUT2D eigenvalue weighted by molar-refractivity contribution is 8.01. The van der Waals surface area contributed by atoms with Crippen LogP contribution < -0.4 is 0 Å². The van der Waals surface area contributed by atoms with E-state index in [-0.39, 0.29) is 6.61 Å². The molecule has 0 spiro atoms. The molecule has 0 aromatic rings. The fraction of sp³-hybridized carbons (Fsp3) is 0.875. The van der Waals surface area contributed by atoms with Crippen molar-refractivity contribution in [3.8, 4) is 0 Å². The van der Waals surface area contributed by atoms with Crippen LogP contribution in [0.15, 0.2) is 0 Å². The van der Waals surface area contributed by atoms with E-state index in [9.17, 15) is 9.90 Å². The predicted molar refractivity (Wildman–Crippen MR) is 48.2 cm³/mol. The molecule has 1 aliphatic heterocycles. The zero-order valence-corrected chi connectivity index (χ0v) is 7.72. The van der Waals surface area contributed by atoms with Gasteiger partial charge in [-0.15, -0.1) is 11.8 Å². The van der Waals surface area contributed by atoms with Crippen LogP contribution in [-0.2, 0) is 4.79 Å². The number of aliphatic hydroxyl groups excluding tert-OH is 2. The van der Waals surface area contributed by atoms with Crippen LogP contribution >= 0.6 is 11.8 Å². The second-order valence-corrected chi connectivity index (χ2v) is 4.69. The van der Waals surface area contributed by atoms with Crippen molar-refractivity contribution in [2.24, 2.45) is 0 Å². The molecule has 0 aromatic carbocycles. The summed E-state index contributed by atoms with van der Waals surface area (Å²) in [6.07, 6.45) is 2.42. The van der Waals surface area contributed by atoms with Crippen LogP contribution in [0.5, 0.6) is 0 Å². The Morgan fingerprint density at radius 2 is 2.42 bits per heavy atom. The summed E-state index contributed by atoms with van der Waals surface area (Å²) in [6, 6.07) is 0. The molecule has 0 amide bonds. The molecule has 0 aliphatic carbocycles. The van der Waals surface area contributed by atoms with Gasteiger partial charge in [0.25, 0.3) is 0 Å². The number of hydrogen-bond acceptors (Lipinski definition) is 4. The third kappa shape index (κ3) is 2.21. The number of carbonyl (C=O) groups is 1. The van der Waals surface area contributed by atoms with Gasteiger partial charge in [0.05, 0.1) is 17.5 Å². The molecule has 2 unspecified atom stereocenters. The summed E-state index contributed by atoms with van der Waals surface area (Å²) in [5.41, 5.74) is 0. The molecule has 0 aromatic heterocycles. The normalized spacial score (nSPS) is 31.8. The van der Waals surface area contributed by atoms with E-state index in [1.807, 2.05) is 0 Å². The molecule has 2 atom stereocenters. The molecule has 1 fully saturated rings. The summed E-state index contributed by atoms with van der Waals surface area (Å²) in [7, 11) is 0. The number of aliphatic hydroxyl groups is 2. The van der Waals surface area contributed by atoms with Gasteiger partial charge in [-0.2, -0.15) is 0 Å². The van der Waals surface area contributed by atoms with Gasteiger partial charge in [-0.1, -0.05) is 0 Å². The maximum atomic E-state index is 10.8. The van der Waals surface area contributed by atoms with Crippen LogP contribution in [-0.4, -0.2) is 39.7 Å². The van der Waals surface area contributed by atoms with E-state index in [0.29, 0.717) is 6.42 Å². The van der Waals surface area contributed by atoms with E-state index >= 15 is 0 Å². The average molecular weight is 190 g/mol. The lowest BCUT2D eigenvalue weighted by molar-refractivity contribution is -0.110. The molecule has 1 saturated heterocycles. The Labute approximate surface area is 76.2 Å². The first-order valence-corrected chi connectivity index (χ1v) is 5.10. The van der Waals surface area contributed by atoms with Crippen molar-refractivity contribution in [1.29, 1.82) is 0 Å². The molecular formula is C8H14O3S. The van der Waals surface area contributed by atoms with Gasteiger partial charge in [0.15, 0.2) is 0 Å². The maximum absolute atomic E-state index is 10.8. The van der Waals surface area contributed by atoms with Crippen molar-refractivity contribution in [1.82, 2.24) is 0 Å². The van der Waals surface area contributed by atoms with Crippen LogP contribution in [0.4, 0.5) is 0 Å². The highest BCUT2D eigenvalue weighted by Crippen LogP contribution is 2.39. The second-order valence-electron chi connectivity index (χ2n) is 3.18. The van der Waals surface area contributed by atoms with E-state index in [2.05, 4.69) is 0 Å². The van der Waals surface area contributed by atoms with Gasteiger partial charge in [-0.3, -0.25) is 0 Å². The zero-order valence-electron chi connectivity index (χ0n) is 6.90. The minimum absolute atomic E-state index is 0.254. The Bertz CT molecular complexity index is 154. The summed E-state index contributed by atoms with van der Waals surface area (Å²) < 4.78 is -0.415. The van der Waals surface area contributed by atoms with Gasteiger partial charge >= 0.3 is 0 Å². The van der Waals surface area contributed by atoms with Crippen LogP contribution in [0.3, 0.4) is 0 Å². The number of rotatable bonds is 4. The van der Waals surface area contributed by atoms with Crippen molar-refractivity contribution < 1.29 is 15.0 Å². The van der Waals surface area contributed by atoms with Crippen molar-refractivity contribution in [2.75, 3.05) is 12.4 Å². The maximum Gasteiger partial charge on any atom is 0.136 e. The Balaban J connectivity index is 2.49. The Morgan fingerprint density at radius 3 is 2.83 bits per heavy atom. The lowest BCUT2D eigenvalue weighted by Crippen LogP contribution is -2.30. The third-order valence-electron chi connectivity index (χ3n) is 2.14. The Morgan fingerprint density at radius 1 is 1.67 bits per heavy atom. The van der Waals surface area contributed by atoms with E-state index in [1.54, 1.807) is 11.8 Å². The lowest BCUT2D eigenvalue weighted by Gasteiger charge is -2.22. The molecule has 70 valence electrons. The number of hydrogen-bond donors (Lipinski definition) is 2. The van der Waals surface area contributed by atoms with Crippen molar-refractivity contribution in [3.05, 3.63) is 0 Å². The van der Waals surface area contributed by atoms with Gasteiger partial charge in [-0.25, -0.2) is 0 Å². The molecule has 1 heterocycles. The van der Waals surface area contributed by atoms with E-state index in [4.69, 9.17) is 5.11 Å². The van der Waals surface area contributed by atoms with Crippen LogP contribution in [0.2, 0.25) is 0 Å². The zero-order chi connectivity index (χ0) is 9.03. The molecule has 0 radical (unpaired) electrons. The fourth-order valence-corrected chi connectivity index (χ4v) is 2.85. The number of aldehydes is 1. The van der Waals surface area contributed by atoms with Gasteiger partial charge in [0.2, 0.25) is 0 Å². The van der Waals surface area contributed by atoms with Gasteiger partial charge in [-0.05, 0) is 25.0 Å². The SMILES string of the molecule is O=CC1(CC(O)CO)CCCS1. The van der Waals surface area contributed by atoms with Gasteiger partial charge < -0.3 is 15.0 Å². The van der Waals surface area contributed by atoms with E-state index in [0.717, 1.165) is 24.9 Å². The van der Waals surface area contributed by atoms with Crippen molar-refractivity contribution in [3.63, 3.8) is 0 Å². The summed E-state index contributed by atoms with van der Waals surface area (Å²) >= 11 is 1.59. The summed E-state index contributed by atoms with van der Waals surface area (Å²) in [4.78, 5) is 10.8. The van der Waals surface area contributed by atoms with Crippen molar-refractivity contribution >= 4 is 18.0 Å². The highest BCUT2D eigenvalue weighted by Gasteiger charge is 2.36. The lowest BCUT2D eigenvalue weighted by atomic mass is 9.98. The van der Waals surface area contributed by atoms with E-state index < -0.39 is 10.9 Å². The largest absolute Gasteiger partial charge is 0.394 e. The quantitative estimate of drug-likeness (QED) is 0.622. The average Bonchev–Trinajstić information content (AvgIpc) is 2.54. The smallest absolute Gasteiger partial charge is 0.136 e. The summed E-state index contributed by atoms with van der Waals surface area (Å²) in [6.45, 7) is -0.254. The molecule has 0 saturated carbocycles. The Hall–Kier alpha value is -0.0600. The molecule has 12 heavy (non-hydrogen) atoms. The monoisotopic (exact) mass is 190 g/mol. The minimum Gasteiger partial charge on any atom is -0.394 e. The summed E-state index contributed by atoms with van der Waals surface area (Å²) in [5, 5.41) is 17.8. The summed E-state index contributed by atoms with van der Waals surface area (Å²) in [5.74, 6) is 0.983. The topological polar surface area (TPSA) is 57.5 Å². The van der Waals surface area contributed by atoms with Gasteiger partial charge in [0.1, 0.15) is 6.29 Å². The first-order chi connectivity index (χ1) is 5.72. The van der Waals surface area contributed by atoms with E-state index in [1.165, 1.54) is 0 Å². The molecule has 0 bridgehead atoms. The molecular weight excluding hydrogens is 176 g/mol. The molecule has 2 N–H and O–H groups in total. The minimum atomic E-state index is -0.749. The molecule has 4 heteroatoms. The second kappa shape index (κ2) is 4.25. The first-order valence-electron chi connectivity index (χ1n) is 4.12. The Kier molecular flexibility index (Phi) is 3.55. The van der Waals surface area contributed by atoms with Crippen LogP contribution in [0.1, 0.15) is 19.3 Å². The molecule has 3 nitrogen and oxygen atoms in total. The standard InChI is InChI=1S/C8H14O3S/c9-5-7(11)4-8(6-10)2-1-3-12-8/h6-7,9,11H,1-5H2. The van der Waals surface area contributed by atoms with Crippen LogP contribution in [0, 0.1) is 0 Å². The third-order valence-corrected chi connectivity index (χ3v) is 3.68. The van der Waals surface area contributed by atoms with Crippen molar-refractivity contribution in [2.45, 2.75) is 30.1 Å². The first kappa shape index (κ1) is 10.0. The fourth-order valence-electron chi connectivity index (χ4n) is 1.48. The predicted octanol–water partition coefficient (Wildman–Crippen LogP) is 0.194. The van der Waals surface area contributed by atoms with Crippen LogP contribution in [0.25, 0.3) is 0 Å². The van der Waals surface area contributed by atoms with Gasteiger partial charge in [0, 0.05) is 0 Å².